The van der Waals surface area contributed by atoms with Crippen molar-refractivity contribution in [1.29, 1.82) is 0 Å². The van der Waals surface area contributed by atoms with Crippen molar-refractivity contribution in [1.82, 2.24) is 5.32 Å². The highest BCUT2D eigenvalue weighted by Gasteiger charge is 2.44. The standard InChI is InChI=1S/C14H16BrNO4/c1-20-11-7-9(15)3-4-10(11)12(17)16-8-14(13(18)19)5-2-6-14/h3-4,7H,2,5-6,8H2,1H3,(H,16,17)(H,18,19). The van der Waals surface area contributed by atoms with Gasteiger partial charge in [0.05, 0.1) is 18.1 Å². The molecule has 1 saturated carbocycles. The van der Waals surface area contributed by atoms with E-state index in [0.717, 1.165) is 10.9 Å². The highest BCUT2D eigenvalue weighted by Crippen LogP contribution is 2.40. The number of hydrogen-bond donors (Lipinski definition) is 2. The van der Waals surface area contributed by atoms with Gasteiger partial charge in [-0.3, -0.25) is 9.59 Å². The van der Waals surface area contributed by atoms with Gasteiger partial charge in [0.25, 0.3) is 5.91 Å². The topological polar surface area (TPSA) is 75.6 Å². The van der Waals surface area contributed by atoms with E-state index in [0.29, 0.717) is 24.2 Å². The molecule has 108 valence electrons. The smallest absolute Gasteiger partial charge is 0.311 e. The van der Waals surface area contributed by atoms with Gasteiger partial charge in [-0.25, -0.2) is 0 Å². The summed E-state index contributed by atoms with van der Waals surface area (Å²) >= 11 is 3.31. The van der Waals surface area contributed by atoms with Crippen molar-refractivity contribution in [2.45, 2.75) is 19.3 Å². The van der Waals surface area contributed by atoms with Gasteiger partial charge in [-0.1, -0.05) is 22.4 Å². The van der Waals surface area contributed by atoms with Gasteiger partial charge in [0.15, 0.2) is 0 Å². The zero-order valence-electron chi connectivity index (χ0n) is 11.1. The lowest BCUT2D eigenvalue weighted by Gasteiger charge is -2.37. The van der Waals surface area contributed by atoms with E-state index >= 15 is 0 Å². The maximum Gasteiger partial charge on any atom is 0.311 e. The molecule has 0 atom stereocenters. The number of carboxylic acid groups (broad SMARTS) is 1. The van der Waals surface area contributed by atoms with Crippen molar-refractivity contribution in [2.24, 2.45) is 5.41 Å². The number of ether oxygens (including phenoxy) is 1. The monoisotopic (exact) mass is 341 g/mol. The molecule has 1 amide bonds. The van der Waals surface area contributed by atoms with Crippen LogP contribution in [0.4, 0.5) is 0 Å². The second-order valence-corrected chi connectivity index (χ2v) is 5.88. The van der Waals surface area contributed by atoms with Gasteiger partial charge < -0.3 is 15.2 Å². The fourth-order valence-corrected chi connectivity index (χ4v) is 2.61. The Hall–Kier alpha value is -1.56. The molecule has 0 spiro atoms. The van der Waals surface area contributed by atoms with E-state index in [-0.39, 0.29) is 12.5 Å². The summed E-state index contributed by atoms with van der Waals surface area (Å²) in [5.74, 6) is -0.705. The molecule has 0 bridgehead atoms. The predicted octanol–water partition coefficient (Wildman–Crippen LogP) is 2.44. The van der Waals surface area contributed by atoms with Crippen molar-refractivity contribution in [3.63, 3.8) is 0 Å². The number of amides is 1. The zero-order chi connectivity index (χ0) is 14.8. The highest BCUT2D eigenvalue weighted by molar-refractivity contribution is 9.10. The lowest BCUT2D eigenvalue weighted by molar-refractivity contribution is -0.153. The fraction of sp³-hybridized carbons (Fsp3) is 0.429. The van der Waals surface area contributed by atoms with Crippen LogP contribution in [-0.2, 0) is 4.79 Å². The first kappa shape index (κ1) is 14.8. The van der Waals surface area contributed by atoms with Gasteiger partial charge >= 0.3 is 5.97 Å². The van der Waals surface area contributed by atoms with E-state index in [4.69, 9.17) is 4.74 Å². The van der Waals surface area contributed by atoms with Crippen molar-refractivity contribution >= 4 is 27.8 Å². The van der Waals surface area contributed by atoms with Gasteiger partial charge in [0.1, 0.15) is 5.75 Å². The number of hydrogen-bond acceptors (Lipinski definition) is 3. The lowest BCUT2D eigenvalue weighted by atomic mass is 9.69. The SMILES string of the molecule is COc1cc(Br)ccc1C(=O)NCC1(C(=O)O)CCC1. The molecule has 2 N–H and O–H groups in total. The highest BCUT2D eigenvalue weighted by atomic mass is 79.9. The molecule has 1 aliphatic carbocycles. The third-order valence-corrected chi connectivity index (χ3v) is 4.25. The van der Waals surface area contributed by atoms with Gasteiger partial charge in [-0.05, 0) is 31.0 Å². The predicted molar refractivity (Wildman–Crippen MR) is 76.9 cm³/mol. The molecule has 6 heteroatoms. The van der Waals surface area contributed by atoms with Crippen LogP contribution in [0.3, 0.4) is 0 Å². The van der Waals surface area contributed by atoms with Crippen LogP contribution < -0.4 is 10.1 Å². The van der Waals surface area contributed by atoms with E-state index in [1.54, 1.807) is 18.2 Å². The zero-order valence-corrected chi connectivity index (χ0v) is 12.7. The quantitative estimate of drug-likeness (QED) is 0.862. The number of carboxylic acids is 1. The van der Waals surface area contributed by atoms with Crippen LogP contribution in [0.2, 0.25) is 0 Å². The minimum atomic E-state index is -0.841. The van der Waals surface area contributed by atoms with Crippen molar-refractivity contribution in [3.05, 3.63) is 28.2 Å². The van der Waals surface area contributed by atoms with Crippen LogP contribution in [0, 0.1) is 5.41 Å². The second kappa shape index (κ2) is 5.83. The summed E-state index contributed by atoms with van der Waals surface area (Å²) in [6, 6.07) is 5.09. The van der Waals surface area contributed by atoms with E-state index in [1.807, 2.05) is 0 Å². The Morgan fingerprint density at radius 3 is 2.65 bits per heavy atom. The third-order valence-electron chi connectivity index (χ3n) is 3.76. The number of benzene rings is 1. The lowest BCUT2D eigenvalue weighted by Crippen LogP contribution is -2.47. The van der Waals surface area contributed by atoms with E-state index in [9.17, 15) is 14.7 Å². The number of carbonyl (C=O) groups is 2. The maximum atomic E-state index is 12.1. The molecule has 1 fully saturated rings. The number of halogens is 1. The normalized spacial score (nSPS) is 16.1. The number of nitrogens with one attached hydrogen (secondary N) is 1. The molecule has 0 aromatic heterocycles. The molecule has 0 saturated heterocycles. The molecular weight excluding hydrogens is 326 g/mol. The summed E-state index contributed by atoms with van der Waals surface area (Å²) in [6.07, 6.45) is 2.12. The maximum absolute atomic E-state index is 12.1. The molecule has 1 aromatic carbocycles. The summed E-state index contributed by atoms with van der Waals surface area (Å²) < 4.78 is 5.97. The Bertz CT molecular complexity index is 540. The van der Waals surface area contributed by atoms with Crippen LogP contribution in [0.1, 0.15) is 29.6 Å². The minimum absolute atomic E-state index is 0.153. The Morgan fingerprint density at radius 1 is 1.45 bits per heavy atom. The van der Waals surface area contributed by atoms with Crippen molar-refractivity contribution in [3.8, 4) is 5.75 Å². The molecule has 0 heterocycles. The number of methoxy groups -OCH3 is 1. The average Bonchev–Trinajstić information content (AvgIpc) is 2.36. The van der Waals surface area contributed by atoms with Crippen LogP contribution in [0.15, 0.2) is 22.7 Å². The molecule has 1 aliphatic rings. The summed E-state index contributed by atoms with van der Waals surface area (Å²) in [5, 5.41) is 11.9. The molecule has 2 rings (SSSR count). The summed E-state index contributed by atoms with van der Waals surface area (Å²) in [6.45, 7) is 0.153. The van der Waals surface area contributed by atoms with Crippen LogP contribution in [0.5, 0.6) is 5.75 Å². The molecular formula is C14H16BrNO4. The van der Waals surface area contributed by atoms with Gasteiger partial charge in [0, 0.05) is 11.0 Å². The van der Waals surface area contributed by atoms with Crippen LogP contribution in [-0.4, -0.2) is 30.6 Å². The molecule has 20 heavy (non-hydrogen) atoms. The van der Waals surface area contributed by atoms with Crippen LogP contribution in [0.25, 0.3) is 0 Å². The Labute approximate surface area is 125 Å². The molecule has 1 aromatic rings. The molecule has 5 nitrogen and oxygen atoms in total. The van der Waals surface area contributed by atoms with E-state index in [2.05, 4.69) is 21.2 Å². The van der Waals surface area contributed by atoms with Gasteiger partial charge in [0.2, 0.25) is 0 Å². The molecule has 0 unspecified atom stereocenters. The van der Waals surface area contributed by atoms with Crippen LogP contribution >= 0.6 is 15.9 Å². The first-order valence-corrected chi connectivity index (χ1v) is 7.13. The summed E-state index contributed by atoms with van der Waals surface area (Å²) in [7, 11) is 1.49. The molecule has 0 radical (unpaired) electrons. The first-order chi connectivity index (χ1) is 9.48. The van der Waals surface area contributed by atoms with Gasteiger partial charge in [-0.15, -0.1) is 0 Å². The number of carbonyl (C=O) groups excluding carboxylic acids is 1. The van der Waals surface area contributed by atoms with E-state index in [1.165, 1.54) is 7.11 Å². The number of aliphatic carboxylic acids is 1. The number of rotatable bonds is 5. The Balaban J connectivity index is 2.07. The third kappa shape index (κ3) is 2.80. The van der Waals surface area contributed by atoms with Crippen molar-refractivity contribution < 1.29 is 19.4 Å². The van der Waals surface area contributed by atoms with E-state index < -0.39 is 11.4 Å². The fourth-order valence-electron chi connectivity index (χ4n) is 2.27. The minimum Gasteiger partial charge on any atom is -0.496 e. The van der Waals surface area contributed by atoms with Gasteiger partial charge in [-0.2, -0.15) is 0 Å². The Kier molecular flexibility index (Phi) is 4.32. The summed E-state index contributed by atoms with van der Waals surface area (Å²) in [4.78, 5) is 23.4. The molecule has 0 aliphatic heterocycles. The first-order valence-electron chi connectivity index (χ1n) is 6.34. The largest absolute Gasteiger partial charge is 0.496 e. The average molecular weight is 342 g/mol. The second-order valence-electron chi connectivity index (χ2n) is 4.97. The Morgan fingerprint density at radius 2 is 2.15 bits per heavy atom. The van der Waals surface area contributed by atoms with Crippen molar-refractivity contribution in [2.75, 3.05) is 13.7 Å². The summed E-state index contributed by atoms with van der Waals surface area (Å²) in [5.41, 5.74) is -0.395.